The van der Waals surface area contributed by atoms with Gasteiger partial charge in [-0.2, -0.15) is 0 Å². The second kappa shape index (κ2) is 8.85. The first-order valence-corrected chi connectivity index (χ1v) is 8.88. The average molecular weight is 350 g/mol. The van der Waals surface area contributed by atoms with Crippen LogP contribution in [0.5, 0.6) is 5.75 Å². The van der Waals surface area contributed by atoms with Crippen LogP contribution < -0.4 is 10.1 Å². The molecular weight excluding hydrogens is 330 g/mol. The Morgan fingerprint density at radius 1 is 1.26 bits per heavy atom. The number of thioether (sulfide) groups is 1. The van der Waals surface area contributed by atoms with E-state index in [-0.39, 0.29) is 11.9 Å². The van der Waals surface area contributed by atoms with Crippen LogP contribution in [-0.4, -0.2) is 18.8 Å². The van der Waals surface area contributed by atoms with E-state index in [0.717, 1.165) is 27.7 Å². The Kier molecular flexibility index (Phi) is 6.81. The van der Waals surface area contributed by atoms with Gasteiger partial charge in [0.2, 0.25) is 5.91 Å². The number of carbonyl (C=O) groups is 1. The number of rotatable bonds is 7. The lowest BCUT2D eigenvalue weighted by Gasteiger charge is -2.17. The number of halogens is 1. The highest BCUT2D eigenvalue weighted by Crippen LogP contribution is 2.24. The first-order chi connectivity index (χ1) is 11.1. The zero-order chi connectivity index (χ0) is 16.7. The van der Waals surface area contributed by atoms with Gasteiger partial charge >= 0.3 is 0 Å². The molecule has 2 rings (SSSR count). The minimum atomic E-state index is -0.0922. The number of hydrogen-bond donors (Lipinski definition) is 1. The van der Waals surface area contributed by atoms with E-state index in [2.05, 4.69) is 5.32 Å². The quantitative estimate of drug-likeness (QED) is 0.802. The third kappa shape index (κ3) is 5.48. The number of ether oxygens (including phenoxy) is 1. The van der Waals surface area contributed by atoms with Gasteiger partial charge in [0, 0.05) is 16.3 Å². The van der Waals surface area contributed by atoms with Gasteiger partial charge in [-0.25, -0.2) is 0 Å². The lowest BCUT2D eigenvalue weighted by Crippen LogP contribution is -2.28. The van der Waals surface area contributed by atoms with Crippen LogP contribution in [0, 0.1) is 0 Å². The van der Waals surface area contributed by atoms with Crippen LogP contribution in [0.2, 0.25) is 5.02 Å². The van der Waals surface area contributed by atoms with Gasteiger partial charge in [-0.1, -0.05) is 41.9 Å². The van der Waals surface area contributed by atoms with E-state index in [4.69, 9.17) is 16.3 Å². The van der Waals surface area contributed by atoms with E-state index >= 15 is 0 Å². The lowest BCUT2D eigenvalue weighted by molar-refractivity contribution is -0.119. The minimum absolute atomic E-state index is 0.00966. The van der Waals surface area contributed by atoms with Gasteiger partial charge in [0.05, 0.1) is 18.9 Å². The van der Waals surface area contributed by atoms with Crippen molar-refractivity contribution in [2.75, 3.05) is 12.9 Å². The summed E-state index contributed by atoms with van der Waals surface area (Å²) in [7, 11) is 1.63. The van der Waals surface area contributed by atoms with E-state index in [0.29, 0.717) is 5.75 Å². The fourth-order valence-electron chi connectivity index (χ4n) is 2.27. The molecule has 23 heavy (non-hydrogen) atoms. The Bertz CT molecular complexity index is 663. The number of benzene rings is 2. The molecule has 1 N–H and O–H groups in total. The molecule has 0 aliphatic rings. The van der Waals surface area contributed by atoms with Gasteiger partial charge in [-0.05, 0) is 30.7 Å². The fraction of sp³-hybridized carbons (Fsp3) is 0.278. The van der Waals surface area contributed by atoms with Crippen molar-refractivity contribution in [3.8, 4) is 5.75 Å². The molecule has 1 atom stereocenters. The summed E-state index contributed by atoms with van der Waals surface area (Å²) in [5.74, 6) is 1.96. The van der Waals surface area contributed by atoms with Gasteiger partial charge in [0.25, 0.3) is 0 Å². The molecule has 0 radical (unpaired) electrons. The van der Waals surface area contributed by atoms with Crippen LogP contribution in [0.1, 0.15) is 24.1 Å². The van der Waals surface area contributed by atoms with E-state index in [1.54, 1.807) is 18.9 Å². The molecule has 0 saturated heterocycles. The second-order valence-corrected chi connectivity index (χ2v) is 6.58. The Balaban J connectivity index is 1.82. The van der Waals surface area contributed by atoms with Crippen LogP contribution in [-0.2, 0) is 10.5 Å². The van der Waals surface area contributed by atoms with Gasteiger partial charge in [0.1, 0.15) is 5.75 Å². The molecule has 0 aromatic heterocycles. The van der Waals surface area contributed by atoms with Crippen LogP contribution in [0.25, 0.3) is 0 Å². The number of para-hydroxylation sites is 1. The molecule has 0 unspecified atom stereocenters. The summed E-state index contributed by atoms with van der Waals surface area (Å²) >= 11 is 7.52. The maximum Gasteiger partial charge on any atom is 0.230 e. The number of carbonyl (C=O) groups excluding carboxylic acids is 1. The maximum atomic E-state index is 12.1. The van der Waals surface area contributed by atoms with Crippen LogP contribution in [0.15, 0.2) is 48.5 Å². The van der Waals surface area contributed by atoms with Crippen molar-refractivity contribution in [1.29, 1.82) is 0 Å². The molecule has 0 spiro atoms. The monoisotopic (exact) mass is 349 g/mol. The van der Waals surface area contributed by atoms with Crippen molar-refractivity contribution in [3.05, 3.63) is 64.7 Å². The second-order valence-electron chi connectivity index (χ2n) is 5.15. The Labute approximate surface area is 146 Å². The topological polar surface area (TPSA) is 38.3 Å². The number of nitrogens with one attached hydrogen (secondary N) is 1. The van der Waals surface area contributed by atoms with Crippen LogP contribution in [0.3, 0.4) is 0 Å². The van der Waals surface area contributed by atoms with Gasteiger partial charge in [-0.15, -0.1) is 11.8 Å². The van der Waals surface area contributed by atoms with Crippen molar-refractivity contribution in [2.24, 2.45) is 0 Å². The number of amides is 1. The normalized spacial score (nSPS) is 11.8. The van der Waals surface area contributed by atoms with E-state index in [9.17, 15) is 4.79 Å². The predicted octanol–water partition coefficient (Wildman–Crippen LogP) is 4.46. The van der Waals surface area contributed by atoms with Crippen molar-refractivity contribution in [1.82, 2.24) is 5.32 Å². The highest BCUT2D eigenvalue weighted by molar-refractivity contribution is 7.99. The Morgan fingerprint density at radius 3 is 2.78 bits per heavy atom. The fourth-order valence-corrected chi connectivity index (χ4v) is 3.27. The summed E-state index contributed by atoms with van der Waals surface area (Å²) < 4.78 is 5.33. The maximum absolute atomic E-state index is 12.1. The summed E-state index contributed by atoms with van der Waals surface area (Å²) in [4.78, 5) is 12.1. The number of hydrogen-bond acceptors (Lipinski definition) is 3. The molecule has 1 amide bonds. The first-order valence-electron chi connectivity index (χ1n) is 7.34. The summed E-state index contributed by atoms with van der Waals surface area (Å²) in [6.45, 7) is 1.96. The summed E-state index contributed by atoms with van der Waals surface area (Å²) in [6.07, 6.45) is 0. The van der Waals surface area contributed by atoms with Gasteiger partial charge < -0.3 is 10.1 Å². The molecule has 0 aliphatic carbocycles. The Hall–Kier alpha value is -1.65. The molecule has 2 aromatic rings. The molecule has 122 valence electrons. The van der Waals surface area contributed by atoms with Crippen LogP contribution >= 0.6 is 23.4 Å². The third-order valence-corrected chi connectivity index (χ3v) is 4.61. The SMILES string of the molecule is COc1ccccc1[C@@H](C)NC(=O)CSCc1cccc(Cl)c1. The molecule has 0 saturated carbocycles. The molecule has 3 nitrogen and oxygen atoms in total. The molecule has 5 heteroatoms. The number of methoxy groups -OCH3 is 1. The molecule has 0 heterocycles. The van der Waals surface area contributed by atoms with Crippen molar-refractivity contribution in [2.45, 2.75) is 18.7 Å². The Morgan fingerprint density at radius 2 is 2.04 bits per heavy atom. The van der Waals surface area contributed by atoms with Crippen LogP contribution in [0.4, 0.5) is 0 Å². The first kappa shape index (κ1) is 17.7. The third-order valence-electron chi connectivity index (χ3n) is 3.37. The zero-order valence-corrected chi connectivity index (χ0v) is 14.8. The summed E-state index contributed by atoms with van der Waals surface area (Å²) in [5, 5.41) is 3.72. The van der Waals surface area contributed by atoms with E-state index in [1.165, 1.54) is 0 Å². The van der Waals surface area contributed by atoms with E-state index in [1.807, 2.05) is 55.5 Å². The highest BCUT2D eigenvalue weighted by Gasteiger charge is 2.13. The van der Waals surface area contributed by atoms with Crippen molar-refractivity contribution < 1.29 is 9.53 Å². The predicted molar refractivity (Wildman–Crippen MR) is 97.2 cm³/mol. The molecule has 2 aromatic carbocycles. The zero-order valence-electron chi connectivity index (χ0n) is 13.2. The average Bonchev–Trinajstić information content (AvgIpc) is 2.54. The smallest absolute Gasteiger partial charge is 0.230 e. The largest absolute Gasteiger partial charge is 0.496 e. The molecular formula is C18H20ClNO2S. The van der Waals surface area contributed by atoms with Gasteiger partial charge in [0.15, 0.2) is 0 Å². The van der Waals surface area contributed by atoms with E-state index < -0.39 is 0 Å². The molecule has 0 aliphatic heterocycles. The van der Waals surface area contributed by atoms with Crippen molar-refractivity contribution >= 4 is 29.3 Å². The molecule has 0 bridgehead atoms. The lowest BCUT2D eigenvalue weighted by atomic mass is 10.1. The van der Waals surface area contributed by atoms with Gasteiger partial charge in [-0.3, -0.25) is 4.79 Å². The summed E-state index contributed by atoms with van der Waals surface area (Å²) in [6, 6.07) is 15.3. The van der Waals surface area contributed by atoms with Crippen molar-refractivity contribution in [3.63, 3.8) is 0 Å². The summed E-state index contributed by atoms with van der Waals surface area (Å²) in [5.41, 5.74) is 2.09. The highest BCUT2D eigenvalue weighted by atomic mass is 35.5. The minimum Gasteiger partial charge on any atom is -0.496 e. The molecule has 0 fully saturated rings. The standard InChI is InChI=1S/C18H20ClNO2S/c1-13(16-8-3-4-9-17(16)22-2)20-18(21)12-23-11-14-6-5-7-15(19)10-14/h3-10,13H,11-12H2,1-2H3,(H,20,21)/t13-/m1/s1.